The van der Waals surface area contributed by atoms with E-state index in [1.54, 1.807) is 0 Å². The molecular formula is C18H25NO4. The number of aryl methyl sites for hydroxylation is 2. The highest BCUT2D eigenvalue weighted by molar-refractivity contribution is 5.78. The van der Waals surface area contributed by atoms with Crippen molar-refractivity contribution in [3.63, 3.8) is 0 Å². The number of carbonyl (C=O) groups excluding carboxylic acids is 1. The summed E-state index contributed by atoms with van der Waals surface area (Å²) in [5, 5.41) is 12.1. The zero-order chi connectivity index (χ0) is 16.7. The Bertz CT molecular complexity index is 532. The van der Waals surface area contributed by atoms with E-state index < -0.39 is 11.5 Å². The zero-order valence-electron chi connectivity index (χ0n) is 13.6. The zero-order valence-corrected chi connectivity index (χ0v) is 13.6. The molecule has 23 heavy (non-hydrogen) atoms. The number of amides is 1. The number of carboxylic acids is 1. The first-order chi connectivity index (χ1) is 11.0. The molecular weight excluding hydrogens is 294 g/mol. The van der Waals surface area contributed by atoms with Crippen molar-refractivity contribution in [3.05, 3.63) is 35.4 Å². The summed E-state index contributed by atoms with van der Waals surface area (Å²) < 4.78 is 5.29. The molecule has 2 rings (SSSR count). The maximum atomic E-state index is 12.2. The van der Waals surface area contributed by atoms with Gasteiger partial charge in [-0.05, 0) is 36.8 Å². The number of hydrogen-bond donors (Lipinski definition) is 2. The third kappa shape index (κ3) is 5.36. The van der Waals surface area contributed by atoms with Crippen LogP contribution in [0.15, 0.2) is 24.3 Å². The van der Waals surface area contributed by atoms with E-state index in [0.29, 0.717) is 38.9 Å². The number of carboxylic acid groups (broad SMARTS) is 1. The molecule has 1 aromatic rings. The highest BCUT2D eigenvalue weighted by atomic mass is 16.5. The normalized spacial score (nSPS) is 16.7. The first-order valence-corrected chi connectivity index (χ1v) is 8.21. The summed E-state index contributed by atoms with van der Waals surface area (Å²) in [6.45, 7) is 3.09. The quantitative estimate of drug-likeness (QED) is 0.809. The fourth-order valence-electron chi connectivity index (χ4n) is 2.96. The predicted molar refractivity (Wildman–Crippen MR) is 87.3 cm³/mol. The molecule has 2 N–H and O–H groups in total. The molecule has 1 fully saturated rings. The van der Waals surface area contributed by atoms with Crippen molar-refractivity contribution in [2.24, 2.45) is 0 Å². The van der Waals surface area contributed by atoms with Crippen LogP contribution >= 0.6 is 0 Å². The molecule has 0 unspecified atom stereocenters. The topological polar surface area (TPSA) is 75.6 Å². The van der Waals surface area contributed by atoms with Gasteiger partial charge >= 0.3 is 5.97 Å². The van der Waals surface area contributed by atoms with Crippen molar-refractivity contribution in [2.75, 3.05) is 13.2 Å². The smallest absolute Gasteiger partial charge is 0.305 e. The maximum Gasteiger partial charge on any atom is 0.305 e. The van der Waals surface area contributed by atoms with Crippen LogP contribution in [0.4, 0.5) is 0 Å². The molecule has 0 aromatic heterocycles. The highest BCUT2D eigenvalue weighted by Crippen LogP contribution is 2.25. The molecule has 0 atom stereocenters. The van der Waals surface area contributed by atoms with E-state index in [4.69, 9.17) is 9.84 Å². The minimum Gasteiger partial charge on any atom is -0.481 e. The third-order valence-electron chi connectivity index (χ3n) is 4.42. The second-order valence-electron chi connectivity index (χ2n) is 6.18. The highest BCUT2D eigenvalue weighted by Gasteiger charge is 2.36. The lowest BCUT2D eigenvalue weighted by Crippen LogP contribution is -2.53. The molecule has 0 radical (unpaired) electrons. The van der Waals surface area contributed by atoms with E-state index in [1.165, 1.54) is 5.56 Å². The summed E-state index contributed by atoms with van der Waals surface area (Å²) in [5.74, 6) is -0.977. The van der Waals surface area contributed by atoms with Crippen LogP contribution in [0.1, 0.15) is 43.7 Å². The van der Waals surface area contributed by atoms with E-state index in [1.807, 2.05) is 12.1 Å². The van der Waals surface area contributed by atoms with E-state index in [9.17, 15) is 9.59 Å². The van der Waals surface area contributed by atoms with Crippen LogP contribution in [0.2, 0.25) is 0 Å². The van der Waals surface area contributed by atoms with Gasteiger partial charge in [-0.3, -0.25) is 9.59 Å². The molecule has 0 bridgehead atoms. The van der Waals surface area contributed by atoms with Crippen LogP contribution < -0.4 is 5.32 Å². The fourth-order valence-corrected chi connectivity index (χ4v) is 2.96. The summed E-state index contributed by atoms with van der Waals surface area (Å²) in [6, 6.07) is 8.26. The minimum atomic E-state index is -0.887. The van der Waals surface area contributed by atoms with E-state index in [-0.39, 0.29) is 12.3 Å². The molecule has 5 heteroatoms. The van der Waals surface area contributed by atoms with Crippen molar-refractivity contribution in [1.82, 2.24) is 5.32 Å². The molecule has 1 heterocycles. The molecule has 0 saturated carbocycles. The van der Waals surface area contributed by atoms with Crippen molar-refractivity contribution >= 4 is 11.9 Å². The van der Waals surface area contributed by atoms with Gasteiger partial charge in [0.05, 0.1) is 12.0 Å². The Hall–Kier alpha value is -1.88. The van der Waals surface area contributed by atoms with Crippen molar-refractivity contribution in [2.45, 2.75) is 51.0 Å². The molecule has 1 amide bonds. The van der Waals surface area contributed by atoms with Gasteiger partial charge < -0.3 is 15.2 Å². The van der Waals surface area contributed by atoms with Gasteiger partial charge in [-0.1, -0.05) is 31.2 Å². The van der Waals surface area contributed by atoms with Gasteiger partial charge in [0.15, 0.2) is 0 Å². The average molecular weight is 319 g/mol. The lowest BCUT2D eigenvalue weighted by molar-refractivity contribution is -0.140. The summed E-state index contributed by atoms with van der Waals surface area (Å²) in [7, 11) is 0. The molecule has 1 aliphatic rings. The Kier molecular flexibility index (Phi) is 6.16. The lowest BCUT2D eigenvalue weighted by Gasteiger charge is -2.36. The SMILES string of the molecule is CCc1ccc(CCC(=O)NC2(CC(=O)O)CCOCC2)cc1. The van der Waals surface area contributed by atoms with Gasteiger partial charge in [-0.2, -0.15) is 0 Å². The predicted octanol–water partition coefficient (Wildman–Crippen LogP) is 2.32. The van der Waals surface area contributed by atoms with Gasteiger partial charge in [0.25, 0.3) is 0 Å². The molecule has 1 aliphatic heterocycles. The number of rotatable bonds is 7. The molecule has 0 aliphatic carbocycles. The van der Waals surface area contributed by atoms with Crippen LogP contribution in [0.25, 0.3) is 0 Å². The van der Waals surface area contributed by atoms with Gasteiger partial charge in [-0.15, -0.1) is 0 Å². The molecule has 5 nitrogen and oxygen atoms in total. The number of hydrogen-bond acceptors (Lipinski definition) is 3. The number of nitrogens with one attached hydrogen (secondary N) is 1. The second kappa shape index (κ2) is 8.11. The number of carbonyl (C=O) groups is 2. The largest absolute Gasteiger partial charge is 0.481 e. The summed E-state index contributed by atoms with van der Waals surface area (Å²) in [4.78, 5) is 23.4. The number of aliphatic carboxylic acids is 1. The average Bonchev–Trinajstić information content (AvgIpc) is 2.53. The Labute approximate surface area is 137 Å². The summed E-state index contributed by atoms with van der Waals surface area (Å²) in [6.07, 6.45) is 3.09. The molecule has 1 aromatic carbocycles. The monoisotopic (exact) mass is 319 g/mol. The summed E-state index contributed by atoms with van der Waals surface area (Å²) in [5.41, 5.74) is 1.74. The Morgan fingerprint density at radius 1 is 1.17 bits per heavy atom. The van der Waals surface area contributed by atoms with Crippen LogP contribution in [0.5, 0.6) is 0 Å². The Balaban J connectivity index is 1.89. The van der Waals surface area contributed by atoms with Gasteiger partial charge in [0, 0.05) is 19.6 Å². The first kappa shape index (κ1) is 17.5. The van der Waals surface area contributed by atoms with Gasteiger partial charge in [-0.25, -0.2) is 0 Å². The van der Waals surface area contributed by atoms with Crippen LogP contribution in [0.3, 0.4) is 0 Å². The second-order valence-corrected chi connectivity index (χ2v) is 6.18. The first-order valence-electron chi connectivity index (χ1n) is 8.21. The van der Waals surface area contributed by atoms with Crippen LogP contribution in [-0.4, -0.2) is 35.7 Å². The standard InChI is InChI=1S/C18H25NO4/c1-2-14-3-5-15(6-4-14)7-8-16(20)19-18(13-17(21)22)9-11-23-12-10-18/h3-6H,2,7-13H2,1H3,(H,19,20)(H,21,22). The minimum absolute atomic E-state index is 0.0483. The van der Waals surface area contributed by atoms with Crippen LogP contribution in [0, 0.1) is 0 Å². The Morgan fingerprint density at radius 2 is 1.78 bits per heavy atom. The number of benzene rings is 1. The van der Waals surface area contributed by atoms with Gasteiger partial charge in [0.2, 0.25) is 5.91 Å². The van der Waals surface area contributed by atoms with Crippen molar-refractivity contribution < 1.29 is 19.4 Å². The van der Waals surface area contributed by atoms with Crippen molar-refractivity contribution in [3.8, 4) is 0 Å². The lowest BCUT2D eigenvalue weighted by atomic mass is 9.86. The van der Waals surface area contributed by atoms with E-state index in [0.717, 1.165) is 12.0 Å². The van der Waals surface area contributed by atoms with Crippen molar-refractivity contribution in [1.29, 1.82) is 0 Å². The fraction of sp³-hybridized carbons (Fsp3) is 0.556. The Morgan fingerprint density at radius 3 is 2.35 bits per heavy atom. The number of ether oxygens (including phenoxy) is 1. The van der Waals surface area contributed by atoms with E-state index in [2.05, 4.69) is 24.4 Å². The van der Waals surface area contributed by atoms with Gasteiger partial charge in [0.1, 0.15) is 0 Å². The molecule has 0 spiro atoms. The summed E-state index contributed by atoms with van der Waals surface area (Å²) >= 11 is 0. The van der Waals surface area contributed by atoms with E-state index >= 15 is 0 Å². The van der Waals surface area contributed by atoms with Crippen LogP contribution in [-0.2, 0) is 27.2 Å². The molecule has 1 saturated heterocycles. The molecule has 126 valence electrons. The maximum absolute atomic E-state index is 12.2. The third-order valence-corrected chi connectivity index (χ3v) is 4.42.